The Morgan fingerprint density at radius 3 is 2.67 bits per heavy atom. The van der Waals surface area contributed by atoms with E-state index in [0.717, 1.165) is 17.0 Å². The summed E-state index contributed by atoms with van der Waals surface area (Å²) in [6.07, 6.45) is -0.979. The van der Waals surface area contributed by atoms with Gasteiger partial charge in [0, 0.05) is 0 Å². The molecule has 18 heavy (non-hydrogen) atoms. The third-order valence-corrected chi connectivity index (χ3v) is 2.92. The van der Waals surface area contributed by atoms with Gasteiger partial charge < -0.3 is 15.1 Å². The number of carboxylic acids is 1. The van der Waals surface area contributed by atoms with Crippen molar-refractivity contribution in [2.24, 2.45) is 0 Å². The van der Waals surface area contributed by atoms with Crippen LogP contribution in [-0.2, 0) is 4.79 Å². The molecule has 5 nitrogen and oxygen atoms in total. The van der Waals surface area contributed by atoms with Crippen molar-refractivity contribution in [2.75, 3.05) is 11.4 Å². The molecular formula is C11H9ClFNO4. The molecule has 0 bridgehead atoms. The van der Waals surface area contributed by atoms with Gasteiger partial charge in [0.1, 0.15) is 5.82 Å². The lowest BCUT2D eigenvalue weighted by atomic mass is 10.1. The van der Waals surface area contributed by atoms with Crippen molar-refractivity contribution < 1.29 is 24.2 Å². The second-order valence-corrected chi connectivity index (χ2v) is 4.36. The smallest absolute Gasteiger partial charge is 0.337 e. The highest BCUT2D eigenvalue weighted by atomic mass is 35.5. The Kier molecular flexibility index (Phi) is 3.23. The Bertz CT molecular complexity index is 534. The molecule has 7 heteroatoms. The number of aliphatic hydroxyl groups excluding tert-OH is 1. The highest BCUT2D eigenvalue weighted by Gasteiger charge is 2.33. The second-order valence-electron chi connectivity index (χ2n) is 3.95. The predicted octanol–water partition coefficient (Wildman–Crippen LogP) is 1.27. The van der Waals surface area contributed by atoms with E-state index in [1.165, 1.54) is 0 Å². The minimum absolute atomic E-state index is 0.0511. The largest absolute Gasteiger partial charge is 0.478 e. The molecule has 0 aromatic heterocycles. The summed E-state index contributed by atoms with van der Waals surface area (Å²) in [7, 11) is 0. The number of amides is 1. The van der Waals surface area contributed by atoms with Crippen molar-refractivity contribution in [3.05, 3.63) is 28.5 Å². The highest BCUT2D eigenvalue weighted by molar-refractivity contribution is 6.34. The summed E-state index contributed by atoms with van der Waals surface area (Å²) in [4.78, 5) is 23.7. The maximum absolute atomic E-state index is 13.1. The van der Waals surface area contributed by atoms with E-state index in [0.29, 0.717) is 0 Å². The molecule has 1 aromatic rings. The van der Waals surface area contributed by atoms with E-state index in [1.807, 2.05) is 0 Å². The molecule has 1 amide bonds. The molecule has 0 saturated carbocycles. The van der Waals surface area contributed by atoms with E-state index in [-0.39, 0.29) is 23.7 Å². The number of aromatic carboxylic acids is 1. The maximum atomic E-state index is 13.1. The number of carboxylic acid groups (broad SMARTS) is 1. The average molecular weight is 274 g/mol. The SMILES string of the molecule is O=C(O)c1cc(F)cc(Cl)c1N1CC(O)CC1=O. The van der Waals surface area contributed by atoms with Gasteiger partial charge in [-0.15, -0.1) is 0 Å². The van der Waals surface area contributed by atoms with Crippen LogP contribution in [0.3, 0.4) is 0 Å². The molecule has 96 valence electrons. The van der Waals surface area contributed by atoms with E-state index >= 15 is 0 Å². The zero-order chi connectivity index (χ0) is 13.4. The Balaban J connectivity index is 2.56. The van der Waals surface area contributed by atoms with E-state index in [9.17, 15) is 19.1 Å². The molecule has 1 aliphatic heterocycles. The first kappa shape index (κ1) is 12.8. The van der Waals surface area contributed by atoms with Gasteiger partial charge in [-0.05, 0) is 12.1 Å². The van der Waals surface area contributed by atoms with Gasteiger partial charge in [-0.2, -0.15) is 0 Å². The molecule has 0 spiro atoms. The topological polar surface area (TPSA) is 77.8 Å². The van der Waals surface area contributed by atoms with Gasteiger partial charge in [-0.1, -0.05) is 11.6 Å². The fourth-order valence-corrected chi connectivity index (χ4v) is 2.22. The van der Waals surface area contributed by atoms with Gasteiger partial charge in [0.2, 0.25) is 5.91 Å². The number of hydrogen-bond acceptors (Lipinski definition) is 3. The number of nitrogens with zero attached hydrogens (tertiary/aromatic N) is 1. The lowest BCUT2D eigenvalue weighted by Gasteiger charge is -2.19. The predicted molar refractivity (Wildman–Crippen MR) is 61.3 cm³/mol. The first-order chi connectivity index (χ1) is 8.40. The summed E-state index contributed by atoms with van der Waals surface area (Å²) in [6, 6.07) is 1.73. The van der Waals surface area contributed by atoms with Crippen LogP contribution in [0.4, 0.5) is 10.1 Å². The van der Waals surface area contributed by atoms with Crippen LogP contribution in [0.25, 0.3) is 0 Å². The number of hydrogen-bond donors (Lipinski definition) is 2. The Morgan fingerprint density at radius 2 is 2.17 bits per heavy atom. The van der Waals surface area contributed by atoms with Crippen molar-refractivity contribution in [2.45, 2.75) is 12.5 Å². The lowest BCUT2D eigenvalue weighted by Crippen LogP contribution is -2.27. The lowest BCUT2D eigenvalue weighted by molar-refractivity contribution is -0.117. The molecule has 1 saturated heterocycles. The summed E-state index contributed by atoms with van der Waals surface area (Å²) in [5.74, 6) is -2.63. The van der Waals surface area contributed by atoms with Gasteiger partial charge in [0.15, 0.2) is 0 Å². The minimum atomic E-state index is -1.39. The molecule has 1 unspecified atom stereocenters. The van der Waals surface area contributed by atoms with Crippen molar-refractivity contribution in [1.82, 2.24) is 0 Å². The van der Waals surface area contributed by atoms with Crippen molar-refractivity contribution >= 4 is 29.2 Å². The van der Waals surface area contributed by atoms with E-state index < -0.39 is 29.4 Å². The Hall–Kier alpha value is -1.66. The number of β-amino-alcohol motifs (C(OH)–C–C–N with tert-alkyl or cyclic N) is 1. The van der Waals surface area contributed by atoms with Crippen molar-refractivity contribution in [1.29, 1.82) is 0 Å². The van der Waals surface area contributed by atoms with Crippen molar-refractivity contribution in [3.63, 3.8) is 0 Å². The van der Waals surface area contributed by atoms with Crippen LogP contribution in [0, 0.1) is 5.82 Å². The monoisotopic (exact) mass is 273 g/mol. The number of carbonyl (C=O) groups excluding carboxylic acids is 1. The van der Waals surface area contributed by atoms with Gasteiger partial charge in [-0.3, -0.25) is 4.79 Å². The van der Waals surface area contributed by atoms with Crippen LogP contribution in [0.15, 0.2) is 12.1 Å². The molecule has 2 rings (SSSR count). The van der Waals surface area contributed by atoms with E-state index in [2.05, 4.69) is 0 Å². The molecule has 0 radical (unpaired) electrons. The quantitative estimate of drug-likeness (QED) is 0.851. The average Bonchev–Trinajstić information content (AvgIpc) is 2.56. The second kappa shape index (κ2) is 4.55. The molecule has 0 aliphatic carbocycles. The number of rotatable bonds is 2. The van der Waals surface area contributed by atoms with Gasteiger partial charge in [-0.25, -0.2) is 9.18 Å². The summed E-state index contributed by atoms with van der Waals surface area (Å²) in [5.41, 5.74) is -0.477. The Morgan fingerprint density at radius 1 is 1.50 bits per heavy atom. The summed E-state index contributed by atoms with van der Waals surface area (Å²) >= 11 is 5.79. The fourth-order valence-electron chi connectivity index (χ4n) is 1.91. The third kappa shape index (κ3) is 2.16. The van der Waals surface area contributed by atoms with Crippen LogP contribution in [0.2, 0.25) is 5.02 Å². The number of benzene rings is 1. The normalized spacial score (nSPS) is 19.4. The first-order valence-corrected chi connectivity index (χ1v) is 5.48. The zero-order valence-electron chi connectivity index (χ0n) is 9.06. The number of carbonyl (C=O) groups is 2. The Labute approximate surface area is 106 Å². The molecule has 1 fully saturated rings. The van der Waals surface area contributed by atoms with Gasteiger partial charge in [0.05, 0.1) is 35.3 Å². The summed E-state index contributed by atoms with van der Waals surface area (Å²) < 4.78 is 13.1. The third-order valence-electron chi connectivity index (χ3n) is 2.63. The summed E-state index contributed by atoms with van der Waals surface area (Å²) in [6.45, 7) is -0.0511. The molecule has 1 atom stereocenters. The van der Waals surface area contributed by atoms with E-state index in [4.69, 9.17) is 16.7 Å². The van der Waals surface area contributed by atoms with Crippen LogP contribution < -0.4 is 4.90 Å². The molecular weight excluding hydrogens is 265 g/mol. The molecule has 2 N–H and O–H groups in total. The maximum Gasteiger partial charge on any atom is 0.337 e. The number of anilines is 1. The standard InChI is InChI=1S/C11H9ClFNO4/c12-8-2-5(13)1-7(11(17)18)10(8)14-4-6(15)3-9(14)16/h1-2,6,15H,3-4H2,(H,17,18). The number of aliphatic hydroxyl groups is 1. The van der Waals surface area contributed by atoms with Crippen molar-refractivity contribution in [3.8, 4) is 0 Å². The number of halogens is 2. The van der Waals surface area contributed by atoms with Crippen LogP contribution in [0.5, 0.6) is 0 Å². The van der Waals surface area contributed by atoms with E-state index in [1.54, 1.807) is 0 Å². The van der Waals surface area contributed by atoms with Crippen LogP contribution >= 0.6 is 11.6 Å². The molecule has 1 aliphatic rings. The first-order valence-electron chi connectivity index (χ1n) is 5.11. The van der Waals surface area contributed by atoms with Crippen LogP contribution in [0.1, 0.15) is 16.8 Å². The molecule has 1 aromatic carbocycles. The zero-order valence-corrected chi connectivity index (χ0v) is 9.82. The van der Waals surface area contributed by atoms with Crippen LogP contribution in [-0.4, -0.2) is 34.7 Å². The minimum Gasteiger partial charge on any atom is -0.478 e. The van der Waals surface area contributed by atoms with Gasteiger partial charge >= 0.3 is 5.97 Å². The fraction of sp³-hybridized carbons (Fsp3) is 0.273. The van der Waals surface area contributed by atoms with Gasteiger partial charge in [0.25, 0.3) is 0 Å². The molecule has 1 heterocycles. The summed E-state index contributed by atoms with van der Waals surface area (Å²) in [5, 5.41) is 18.2. The highest BCUT2D eigenvalue weighted by Crippen LogP contribution is 2.34.